The summed E-state index contributed by atoms with van der Waals surface area (Å²) in [7, 11) is 0. The molecule has 0 radical (unpaired) electrons. The van der Waals surface area contributed by atoms with Crippen LogP contribution < -0.4 is 0 Å². The third kappa shape index (κ3) is 4.20. The van der Waals surface area contributed by atoms with Gasteiger partial charge in [-0.15, -0.1) is 0 Å². The molecule has 1 aromatic carbocycles. The third-order valence-electron chi connectivity index (χ3n) is 2.33. The van der Waals surface area contributed by atoms with Crippen LogP contribution in [-0.2, 0) is 9.53 Å². The third-order valence-corrected chi connectivity index (χ3v) is 2.33. The highest BCUT2D eigenvalue weighted by Crippen LogP contribution is 2.22. The molecule has 0 saturated carbocycles. The maximum absolute atomic E-state index is 11.5. The van der Waals surface area contributed by atoms with Crippen molar-refractivity contribution in [2.45, 2.75) is 13.3 Å². The monoisotopic (exact) mass is 279 g/mol. The first kappa shape index (κ1) is 15.4. The van der Waals surface area contributed by atoms with Crippen LogP contribution in [0.5, 0.6) is 0 Å². The molecule has 0 aliphatic heterocycles. The second-order valence-corrected chi connectivity index (χ2v) is 3.75. The minimum absolute atomic E-state index is 0.0777. The number of esters is 1. The van der Waals surface area contributed by atoms with Crippen molar-refractivity contribution in [1.82, 2.24) is 0 Å². The topological polar surface area (TPSA) is 107 Å². The molecule has 0 aliphatic rings. The number of nitro benzene ring substituents is 1. The number of hydrogen-bond donors (Lipinski definition) is 1. The molecular formula is C13H13NO6. The summed E-state index contributed by atoms with van der Waals surface area (Å²) in [5, 5.41) is 19.5. The van der Waals surface area contributed by atoms with Crippen LogP contribution in [-0.4, -0.2) is 28.6 Å². The summed E-state index contributed by atoms with van der Waals surface area (Å²) in [6.07, 6.45) is 2.40. The smallest absolute Gasteiger partial charge is 0.338 e. The van der Waals surface area contributed by atoms with Crippen molar-refractivity contribution >= 4 is 23.7 Å². The van der Waals surface area contributed by atoms with Gasteiger partial charge < -0.3 is 9.84 Å². The van der Waals surface area contributed by atoms with Crippen molar-refractivity contribution in [2.24, 2.45) is 0 Å². The second-order valence-electron chi connectivity index (χ2n) is 3.75. The zero-order valence-electron chi connectivity index (χ0n) is 10.7. The minimum Gasteiger partial charge on any atom is -0.481 e. The van der Waals surface area contributed by atoms with Gasteiger partial charge in [0.2, 0.25) is 0 Å². The molecule has 1 N–H and O–H groups in total. The van der Waals surface area contributed by atoms with E-state index in [1.54, 1.807) is 6.92 Å². The lowest BCUT2D eigenvalue weighted by Gasteiger charge is -2.03. The first-order chi connectivity index (χ1) is 9.45. The predicted molar refractivity (Wildman–Crippen MR) is 70.3 cm³/mol. The normalized spacial score (nSPS) is 10.4. The van der Waals surface area contributed by atoms with Gasteiger partial charge in [-0.3, -0.25) is 14.9 Å². The van der Waals surface area contributed by atoms with Crippen molar-refractivity contribution in [3.8, 4) is 0 Å². The van der Waals surface area contributed by atoms with E-state index in [0.29, 0.717) is 0 Å². The quantitative estimate of drug-likeness (QED) is 0.486. The molecule has 20 heavy (non-hydrogen) atoms. The van der Waals surface area contributed by atoms with Crippen LogP contribution in [0.2, 0.25) is 0 Å². The van der Waals surface area contributed by atoms with Crippen molar-refractivity contribution in [2.75, 3.05) is 6.61 Å². The standard InChI is InChI=1S/C13H13NO6/c1-2-20-13(17)10-7-6-9(4-3-5-12(15)16)11(8-10)14(18)19/h3-4,6-8H,2,5H2,1H3,(H,15,16). The molecule has 0 spiro atoms. The van der Waals surface area contributed by atoms with Crippen LogP contribution in [0.25, 0.3) is 6.08 Å². The van der Waals surface area contributed by atoms with Gasteiger partial charge in [0.15, 0.2) is 0 Å². The molecule has 0 atom stereocenters. The predicted octanol–water partition coefficient (Wildman–Crippen LogP) is 2.26. The number of carbonyl (C=O) groups is 2. The van der Waals surface area contributed by atoms with E-state index in [1.165, 1.54) is 24.3 Å². The van der Waals surface area contributed by atoms with Gasteiger partial charge in [-0.05, 0) is 19.1 Å². The molecule has 0 fully saturated rings. The molecule has 7 heteroatoms. The number of carbonyl (C=O) groups excluding carboxylic acids is 1. The van der Waals surface area contributed by atoms with Gasteiger partial charge in [-0.2, -0.15) is 0 Å². The molecule has 0 saturated heterocycles. The Kier molecular flexibility index (Phi) is 5.40. The number of rotatable bonds is 6. The lowest BCUT2D eigenvalue weighted by Crippen LogP contribution is -2.05. The number of aliphatic carboxylic acids is 1. The van der Waals surface area contributed by atoms with Crippen molar-refractivity contribution in [3.63, 3.8) is 0 Å². The minimum atomic E-state index is -1.04. The number of ether oxygens (including phenoxy) is 1. The van der Waals surface area contributed by atoms with Crippen LogP contribution in [0.4, 0.5) is 5.69 Å². The molecule has 1 rings (SSSR count). The van der Waals surface area contributed by atoms with Crippen LogP contribution in [0.1, 0.15) is 29.3 Å². The Labute approximate surface area is 114 Å². The van der Waals surface area contributed by atoms with E-state index in [2.05, 4.69) is 0 Å². The van der Waals surface area contributed by atoms with Crippen LogP contribution in [0.15, 0.2) is 24.3 Å². The molecule has 106 valence electrons. The highest BCUT2D eigenvalue weighted by Gasteiger charge is 2.16. The highest BCUT2D eigenvalue weighted by molar-refractivity contribution is 5.91. The summed E-state index contributed by atoms with van der Waals surface area (Å²) in [5.74, 6) is -1.68. The number of nitrogens with zero attached hydrogens (tertiary/aromatic N) is 1. The molecule has 0 amide bonds. The summed E-state index contributed by atoms with van der Waals surface area (Å²) in [6.45, 7) is 1.81. The Morgan fingerprint density at radius 2 is 2.15 bits per heavy atom. The molecule has 0 bridgehead atoms. The largest absolute Gasteiger partial charge is 0.481 e. The molecule has 0 unspecified atom stereocenters. The lowest BCUT2D eigenvalue weighted by atomic mass is 10.1. The first-order valence-electron chi connectivity index (χ1n) is 5.79. The van der Waals surface area contributed by atoms with E-state index in [1.807, 2.05) is 0 Å². The number of benzene rings is 1. The van der Waals surface area contributed by atoms with Crippen LogP contribution in [0.3, 0.4) is 0 Å². The van der Waals surface area contributed by atoms with Crippen molar-refractivity contribution in [1.29, 1.82) is 0 Å². The number of carboxylic acid groups (broad SMARTS) is 1. The molecule has 0 heterocycles. The van der Waals surface area contributed by atoms with Gasteiger partial charge >= 0.3 is 11.9 Å². The zero-order chi connectivity index (χ0) is 15.1. The Bertz CT molecular complexity index is 564. The summed E-state index contributed by atoms with van der Waals surface area (Å²) in [4.78, 5) is 32.2. The fourth-order valence-electron chi connectivity index (χ4n) is 1.47. The lowest BCUT2D eigenvalue weighted by molar-refractivity contribution is -0.385. The van der Waals surface area contributed by atoms with Gasteiger partial charge in [-0.25, -0.2) is 4.79 Å². The van der Waals surface area contributed by atoms with E-state index in [4.69, 9.17) is 9.84 Å². The van der Waals surface area contributed by atoms with E-state index in [0.717, 1.165) is 6.07 Å². The maximum atomic E-state index is 11.5. The fraction of sp³-hybridized carbons (Fsp3) is 0.231. The Hall–Kier alpha value is -2.70. The number of carboxylic acids is 1. The van der Waals surface area contributed by atoms with Crippen LogP contribution >= 0.6 is 0 Å². The molecular weight excluding hydrogens is 266 g/mol. The van der Waals surface area contributed by atoms with Gasteiger partial charge in [0.05, 0.1) is 29.1 Å². The summed E-state index contributed by atoms with van der Waals surface area (Å²) >= 11 is 0. The average Bonchev–Trinajstić information content (AvgIpc) is 2.38. The first-order valence-corrected chi connectivity index (χ1v) is 5.79. The summed E-state index contributed by atoms with van der Waals surface area (Å²) in [5.41, 5.74) is 0.0235. The highest BCUT2D eigenvalue weighted by atomic mass is 16.6. The summed E-state index contributed by atoms with van der Waals surface area (Å²) in [6, 6.07) is 3.88. The number of hydrogen-bond acceptors (Lipinski definition) is 5. The Morgan fingerprint density at radius 1 is 1.45 bits per heavy atom. The van der Waals surface area contributed by atoms with Crippen molar-refractivity contribution < 1.29 is 24.4 Å². The number of nitro groups is 1. The molecule has 7 nitrogen and oxygen atoms in total. The molecule has 0 aliphatic carbocycles. The summed E-state index contributed by atoms with van der Waals surface area (Å²) < 4.78 is 4.76. The average molecular weight is 279 g/mol. The van der Waals surface area contributed by atoms with E-state index >= 15 is 0 Å². The fourth-order valence-corrected chi connectivity index (χ4v) is 1.47. The zero-order valence-corrected chi connectivity index (χ0v) is 10.7. The van der Waals surface area contributed by atoms with Gasteiger partial charge in [0, 0.05) is 6.07 Å². The molecule has 1 aromatic rings. The van der Waals surface area contributed by atoms with Crippen molar-refractivity contribution in [3.05, 3.63) is 45.5 Å². The second kappa shape index (κ2) is 7.03. The van der Waals surface area contributed by atoms with Gasteiger partial charge in [-0.1, -0.05) is 12.2 Å². The Morgan fingerprint density at radius 3 is 2.70 bits per heavy atom. The van der Waals surface area contributed by atoms with E-state index < -0.39 is 16.9 Å². The van der Waals surface area contributed by atoms with Crippen LogP contribution in [0, 0.1) is 10.1 Å². The molecule has 0 aromatic heterocycles. The van der Waals surface area contributed by atoms with Gasteiger partial charge in [0.1, 0.15) is 0 Å². The van der Waals surface area contributed by atoms with Gasteiger partial charge in [0.25, 0.3) is 5.69 Å². The van der Waals surface area contributed by atoms with E-state index in [-0.39, 0.29) is 29.8 Å². The SMILES string of the molecule is CCOC(=O)c1ccc(C=CCC(=O)O)c([N+](=O)[O-])c1. The maximum Gasteiger partial charge on any atom is 0.338 e. The van der Waals surface area contributed by atoms with E-state index in [9.17, 15) is 19.7 Å². The Balaban J connectivity index is 3.08.